The number of para-hydroxylation sites is 2. The lowest BCUT2D eigenvalue weighted by Crippen LogP contribution is -2.37. The number of aromatic nitrogens is 4. The maximum absolute atomic E-state index is 6.22. The second-order valence-electron chi connectivity index (χ2n) is 10.3. The second kappa shape index (κ2) is 10.4. The van der Waals surface area contributed by atoms with E-state index in [0.29, 0.717) is 18.4 Å². The van der Waals surface area contributed by atoms with Gasteiger partial charge >= 0.3 is 0 Å². The first-order chi connectivity index (χ1) is 19.2. The van der Waals surface area contributed by atoms with E-state index in [1.165, 1.54) is 11.1 Å². The number of halogens is 1. The van der Waals surface area contributed by atoms with E-state index in [4.69, 9.17) is 9.72 Å². The molecule has 5 heterocycles. The zero-order valence-corrected chi connectivity index (χ0v) is 23.1. The van der Waals surface area contributed by atoms with Crippen LogP contribution in [0.4, 0.5) is 5.82 Å². The van der Waals surface area contributed by atoms with Gasteiger partial charge in [-0.2, -0.15) is 9.61 Å². The summed E-state index contributed by atoms with van der Waals surface area (Å²) in [6.45, 7) is 3.75. The van der Waals surface area contributed by atoms with Gasteiger partial charge in [-0.25, -0.2) is 4.98 Å². The first-order valence-electron chi connectivity index (χ1n) is 13.5. The van der Waals surface area contributed by atoms with E-state index in [2.05, 4.69) is 96.9 Å². The molecular formula is C31H29BrN6O. The molecule has 3 aromatic heterocycles. The molecule has 2 aromatic carbocycles. The minimum absolute atomic E-state index is 0.309. The molecule has 39 heavy (non-hydrogen) atoms. The zero-order chi connectivity index (χ0) is 26.2. The monoisotopic (exact) mass is 580 g/mol. The van der Waals surface area contributed by atoms with Crippen molar-refractivity contribution in [2.24, 2.45) is 0 Å². The van der Waals surface area contributed by atoms with Crippen LogP contribution in [0.1, 0.15) is 47.1 Å². The number of anilines is 1. The van der Waals surface area contributed by atoms with Gasteiger partial charge in [0, 0.05) is 60.2 Å². The predicted molar refractivity (Wildman–Crippen MR) is 155 cm³/mol. The Labute approximate surface area is 236 Å². The molecule has 2 aliphatic rings. The molecule has 0 amide bonds. The number of piperidine rings is 1. The molecule has 196 valence electrons. The van der Waals surface area contributed by atoms with Gasteiger partial charge in [0.2, 0.25) is 0 Å². The van der Waals surface area contributed by atoms with E-state index >= 15 is 0 Å². The first-order valence-corrected chi connectivity index (χ1v) is 14.3. The van der Waals surface area contributed by atoms with Gasteiger partial charge in [0.1, 0.15) is 17.3 Å². The highest BCUT2D eigenvalue weighted by molar-refractivity contribution is 9.10. The minimum atomic E-state index is 0.309. The van der Waals surface area contributed by atoms with Gasteiger partial charge in [-0.3, -0.25) is 4.98 Å². The molecule has 0 spiro atoms. The number of nitrogens with zero attached hydrogens (tertiary/aromatic N) is 5. The van der Waals surface area contributed by atoms with E-state index in [9.17, 15) is 0 Å². The summed E-state index contributed by atoms with van der Waals surface area (Å²) in [5.74, 6) is 3.62. The summed E-state index contributed by atoms with van der Waals surface area (Å²) in [4.78, 5) is 11.9. The van der Waals surface area contributed by atoms with E-state index < -0.39 is 0 Å². The van der Waals surface area contributed by atoms with Crippen LogP contribution in [0, 0.1) is 0 Å². The van der Waals surface area contributed by atoms with Crippen molar-refractivity contribution < 1.29 is 4.74 Å². The summed E-state index contributed by atoms with van der Waals surface area (Å²) in [7, 11) is 0. The molecule has 5 aromatic rings. The third-order valence-corrected chi connectivity index (χ3v) is 8.46. The zero-order valence-electron chi connectivity index (χ0n) is 21.5. The molecule has 0 bridgehead atoms. The Kier molecular flexibility index (Phi) is 6.50. The fraction of sp³-hybridized carbons (Fsp3) is 0.258. The lowest BCUT2D eigenvalue weighted by molar-refractivity contribution is 0.203. The fourth-order valence-electron chi connectivity index (χ4n) is 5.86. The molecule has 0 radical (unpaired) electrons. The van der Waals surface area contributed by atoms with E-state index in [1.807, 2.05) is 23.0 Å². The molecule has 2 aliphatic heterocycles. The third kappa shape index (κ3) is 4.79. The smallest absolute Gasteiger partial charge is 0.171 e. The quantitative estimate of drug-likeness (QED) is 0.243. The first kappa shape index (κ1) is 24.3. The summed E-state index contributed by atoms with van der Waals surface area (Å²) in [6, 6.07) is 23.1. The van der Waals surface area contributed by atoms with Crippen molar-refractivity contribution in [3.8, 4) is 11.5 Å². The van der Waals surface area contributed by atoms with Gasteiger partial charge in [-0.1, -0.05) is 42.5 Å². The van der Waals surface area contributed by atoms with Gasteiger partial charge in [0.15, 0.2) is 5.65 Å². The molecule has 7 rings (SSSR count). The Bertz CT molecular complexity index is 1570. The Morgan fingerprint density at radius 1 is 0.923 bits per heavy atom. The van der Waals surface area contributed by atoms with Crippen LogP contribution in [0.3, 0.4) is 0 Å². The number of fused-ring (bicyclic) bond motifs is 3. The minimum Gasteiger partial charge on any atom is -0.457 e. The molecule has 0 unspecified atom stereocenters. The number of hydrogen-bond acceptors (Lipinski definition) is 6. The van der Waals surface area contributed by atoms with Crippen LogP contribution in [0.2, 0.25) is 0 Å². The van der Waals surface area contributed by atoms with Crippen molar-refractivity contribution in [3.05, 3.63) is 112 Å². The van der Waals surface area contributed by atoms with Crippen molar-refractivity contribution >= 4 is 27.4 Å². The van der Waals surface area contributed by atoms with E-state index in [1.54, 1.807) is 6.20 Å². The number of benzene rings is 2. The molecular weight excluding hydrogens is 552 g/mol. The second-order valence-corrected chi connectivity index (χ2v) is 11.2. The Morgan fingerprint density at radius 3 is 2.38 bits per heavy atom. The van der Waals surface area contributed by atoms with Gasteiger partial charge in [-0.15, -0.1) is 0 Å². The normalized spacial score (nSPS) is 16.0. The molecule has 0 atom stereocenters. The summed E-state index contributed by atoms with van der Waals surface area (Å²) in [6.07, 6.45) is 7.64. The van der Waals surface area contributed by atoms with Crippen LogP contribution in [0.25, 0.3) is 5.65 Å². The average Bonchev–Trinajstić information content (AvgIpc) is 3.37. The molecule has 1 saturated heterocycles. The number of pyridine rings is 1. The van der Waals surface area contributed by atoms with Crippen molar-refractivity contribution in [2.45, 2.75) is 31.2 Å². The molecule has 1 N–H and O–H groups in total. The van der Waals surface area contributed by atoms with Crippen LogP contribution < -0.4 is 10.1 Å². The standard InChI is InChI=1S/C31H29BrN6O/c32-26-19-35-38-30(34-18-21-6-5-13-33-17-21)16-27(36-31(26)38)22-11-14-37(15-12-22)20-25-23-7-1-3-9-28(23)39-29-10-4-2-8-24(25)29/h1-10,13,16-17,19,22,25,34H,11-12,14-15,18,20H2. The maximum Gasteiger partial charge on any atom is 0.171 e. The number of hydrogen-bond donors (Lipinski definition) is 1. The Hall–Kier alpha value is -3.75. The van der Waals surface area contributed by atoms with E-state index in [0.717, 1.165) is 71.2 Å². The van der Waals surface area contributed by atoms with Crippen molar-refractivity contribution in [2.75, 3.05) is 25.0 Å². The molecule has 1 fully saturated rings. The van der Waals surface area contributed by atoms with Crippen molar-refractivity contribution in [1.29, 1.82) is 0 Å². The van der Waals surface area contributed by atoms with Gasteiger partial charge < -0.3 is 15.0 Å². The third-order valence-electron chi connectivity index (χ3n) is 7.90. The van der Waals surface area contributed by atoms with Crippen LogP contribution in [-0.4, -0.2) is 44.1 Å². The summed E-state index contributed by atoms with van der Waals surface area (Å²) in [5.41, 5.74) is 5.65. The van der Waals surface area contributed by atoms with Gasteiger partial charge in [-0.05, 0) is 65.6 Å². The summed E-state index contributed by atoms with van der Waals surface area (Å²) < 4.78 is 9.00. The number of ether oxygens (including phenoxy) is 1. The van der Waals surface area contributed by atoms with Crippen LogP contribution >= 0.6 is 15.9 Å². The molecule has 8 heteroatoms. The molecule has 7 nitrogen and oxygen atoms in total. The van der Waals surface area contributed by atoms with Crippen molar-refractivity contribution in [1.82, 2.24) is 24.5 Å². The van der Waals surface area contributed by atoms with Crippen LogP contribution in [0.15, 0.2) is 89.8 Å². The number of likely N-dealkylation sites (tertiary alicyclic amines) is 1. The molecule has 0 saturated carbocycles. The predicted octanol–water partition coefficient (Wildman–Crippen LogP) is 6.62. The topological polar surface area (TPSA) is 67.6 Å². The fourth-order valence-corrected chi connectivity index (χ4v) is 6.21. The SMILES string of the molecule is Brc1cnn2c(NCc3cccnc3)cc(C3CCN(CC4c5ccccc5Oc5ccccc54)CC3)nc12. The lowest BCUT2D eigenvalue weighted by atomic mass is 9.86. The summed E-state index contributed by atoms with van der Waals surface area (Å²) in [5, 5.41) is 8.10. The number of nitrogens with one attached hydrogen (secondary N) is 1. The maximum atomic E-state index is 6.22. The van der Waals surface area contributed by atoms with Gasteiger partial charge in [0.05, 0.1) is 10.7 Å². The van der Waals surface area contributed by atoms with Crippen LogP contribution in [0.5, 0.6) is 11.5 Å². The largest absolute Gasteiger partial charge is 0.457 e. The summed E-state index contributed by atoms with van der Waals surface area (Å²) >= 11 is 3.64. The van der Waals surface area contributed by atoms with Crippen molar-refractivity contribution in [3.63, 3.8) is 0 Å². The number of rotatable bonds is 6. The molecule has 0 aliphatic carbocycles. The van der Waals surface area contributed by atoms with E-state index in [-0.39, 0.29) is 0 Å². The van der Waals surface area contributed by atoms with Crippen LogP contribution in [-0.2, 0) is 6.54 Å². The lowest BCUT2D eigenvalue weighted by Gasteiger charge is -2.36. The van der Waals surface area contributed by atoms with Gasteiger partial charge in [0.25, 0.3) is 0 Å². The highest BCUT2D eigenvalue weighted by Gasteiger charge is 2.31. The highest BCUT2D eigenvalue weighted by atomic mass is 79.9. The Morgan fingerprint density at radius 2 is 1.67 bits per heavy atom. The Balaban J connectivity index is 1.09. The average molecular weight is 582 g/mol. The highest BCUT2D eigenvalue weighted by Crippen LogP contribution is 2.44.